The van der Waals surface area contributed by atoms with E-state index in [1.165, 1.54) is 5.56 Å². The second kappa shape index (κ2) is 2.24. The smallest absolute Gasteiger partial charge is 0.0702 e. The zero-order valence-corrected chi connectivity index (χ0v) is 7.20. The molecule has 0 aliphatic heterocycles. The van der Waals surface area contributed by atoms with Gasteiger partial charge in [0.05, 0.1) is 11.7 Å². The van der Waals surface area contributed by atoms with Gasteiger partial charge in [-0.2, -0.15) is 5.10 Å². The van der Waals surface area contributed by atoms with Gasteiger partial charge in [0.1, 0.15) is 0 Å². The molecule has 1 aromatic carbocycles. The number of aromatic nitrogens is 2. The molecular formula is C9H11N3. The largest absolute Gasteiger partial charge is 0.398 e. The van der Waals surface area contributed by atoms with Crippen molar-refractivity contribution in [1.82, 2.24) is 9.78 Å². The number of hydrogen-bond acceptors (Lipinski definition) is 2. The number of nitrogens with two attached hydrogens (primary N) is 1. The normalized spacial score (nSPS) is 10.8. The van der Waals surface area contributed by atoms with Crippen molar-refractivity contribution >= 4 is 16.6 Å². The van der Waals surface area contributed by atoms with E-state index in [0.717, 1.165) is 16.6 Å². The van der Waals surface area contributed by atoms with Crippen LogP contribution in [0, 0.1) is 6.92 Å². The molecule has 0 aliphatic rings. The van der Waals surface area contributed by atoms with Crippen LogP contribution in [0.4, 0.5) is 5.69 Å². The molecule has 0 atom stereocenters. The van der Waals surface area contributed by atoms with Crippen molar-refractivity contribution in [2.75, 3.05) is 5.73 Å². The van der Waals surface area contributed by atoms with Crippen LogP contribution in [0.1, 0.15) is 5.56 Å². The summed E-state index contributed by atoms with van der Waals surface area (Å²) < 4.78 is 1.83. The van der Waals surface area contributed by atoms with E-state index in [4.69, 9.17) is 5.73 Å². The minimum atomic E-state index is 0.804. The molecule has 0 amide bonds. The van der Waals surface area contributed by atoms with Crippen LogP contribution in [-0.4, -0.2) is 9.78 Å². The Hall–Kier alpha value is -1.51. The number of nitrogens with zero attached hydrogens (tertiary/aromatic N) is 2. The molecule has 0 aliphatic carbocycles. The van der Waals surface area contributed by atoms with Gasteiger partial charge in [-0.05, 0) is 24.6 Å². The van der Waals surface area contributed by atoms with Crippen LogP contribution in [0.25, 0.3) is 10.9 Å². The third kappa shape index (κ3) is 0.863. The van der Waals surface area contributed by atoms with Crippen molar-refractivity contribution in [1.29, 1.82) is 0 Å². The average Bonchev–Trinajstić information content (AvgIpc) is 2.33. The third-order valence-electron chi connectivity index (χ3n) is 2.04. The minimum absolute atomic E-state index is 0.804. The molecular weight excluding hydrogens is 150 g/mol. The molecule has 0 saturated heterocycles. The van der Waals surface area contributed by atoms with Crippen LogP contribution in [-0.2, 0) is 7.05 Å². The van der Waals surface area contributed by atoms with Gasteiger partial charge in [0.15, 0.2) is 0 Å². The third-order valence-corrected chi connectivity index (χ3v) is 2.04. The summed E-state index contributed by atoms with van der Waals surface area (Å²) in [6.07, 6.45) is 1.80. The number of nitrogen functional groups attached to an aromatic ring is 1. The second-order valence-corrected chi connectivity index (χ2v) is 3.06. The number of fused-ring (bicyclic) bond motifs is 1. The Bertz CT molecular complexity index is 429. The fourth-order valence-corrected chi connectivity index (χ4v) is 1.42. The molecule has 2 rings (SSSR count). The summed E-state index contributed by atoms with van der Waals surface area (Å²) >= 11 is 0. The van der Waals surface area contributed by atoms with Crippen LogP contribution in [0.15, 0.2) is 18.3 Å². The Balaban J connectivity index is 2.92. The standard InChI is InChI=1S/C9H11N3/c1-6-3-8(10)7-5-11-12(2)9(7)4-6/h3-5H,10H2,1-2H3. The molecule has 1 aromatic heterocycles. The van der Waals surface area contributed by atoms with E-state index in [9.17, 15) is 0 Å². The monoisotopic (exact) mass is 161 g/mol. The van der Waals surface area contributed by atoms with E-state index in [2.05, 4.69) is 11.2 Å². The lowest BCUT2D eigenvalue weighted by molar-refractivity contribution is 0.796. The zero-order valence-electron chi connectivity index (χ0n) is 7.20. The predicted octanol–water partition coefficient (Wildman–Crippen LogP) is 1.46. The summed E-state index contributed by atoms with van der Waals surface area (Å²) in [5.41, 5.74) is 8.88. The van der Waals surface area contributed by atoms with E-state index < -0.39 is 0 Å². The molecule has 62 valence electrons. The van der Waals surface area contributed by atoms with Crippen molar-refractivity contribution in [3.63, 3.8) is 0 Å². The van der Waals surface area contributed by atoms with Gasteiger partial charge in [0, 0.05) is 18.1 Å². The highest BCUT2D eigenvalue weighted by Crippen LogP contribution is 2.21. The van der Waals surface area contributed by atoms with Gasteiger partial charge in [-0.3, -0.25) is 4.68 Å². The highest BCUT2D eigenvalue weighted by molar-refractivity contribution is 5.90. The van der Waals surface area contributed by atoms with Crippen molar-refractivity contribution in [3.8, 4) is 0 Å². The van der Waals surface area contributed by atoms with Gasteiger partial charge in [-0.1, -0.05) is 0 Å². The Morgan fingerprint density at radius 1 is 1.42 bits per heavy atom. The average molecular weight is 161 g/mol. The molecule has 0 spiro atoms. The Morgan fingerprint density at radius 2 is 2.17 bits per heavy atom. The topological polar surface area (TPSA) is 43.8 Å². The van der Waals surface area contributed by atoms with E-state index in [0.29, 0.717) is 0 Å². The Labute approximate surface area is 70.8 Å². The van der Waals surface area contributed by atoms with Gasteiger partial charge >= 0.3 is 0 Å². The van der Waals surface area contributed by atoms with Crippen LogP contribution in [0.5, 0.6) is 0 Å². The molecule has 3 heteroatoms. The minimum Gasteiger partial charge on any atom is -0.398 e. The van der Waals surface area contributed by atoms with Gasteiger partial charge < -0.3 is 5.73 Å². The zero-order chi connectivity index (χ0) is 8.72. The summed E-state index contributed by atoms with van der Waals surface area (Å²) in [7, 11) is 1.92. The van der Waals surface area contributed by atoms with E-state index in [1.54, 1.807) is 6.20 Å². The fraction of sp³-hybridized carbons (Fsp3) is 0.222. The quantitative estimate of drug-likeness (QED) is 0.594. The van der Waals surface area contributed by atoms with Crippen LogP contribution in [0.3, 0.4) is 0 Å². The summed E-state index contributed by atoms with van der Waals surface area (Å²) in [4.78, 5) is 0. The molecule has 0 radical (unpaired) electrons. The van der Waals surface area contributed by atoms with Crippen molar-refractivity contribution in [2.24, 2.45) is 7.05 Å². The van der Waals surface area contributed by atoms with Gasteiger partial charge in [-0.25, -0.2) is 0 Å². The molecule has 0 bridgehead atoms. The molecule has 0 fully saturated rings. The maximum atomic E-state index is 5.82. The number of benzene rings is 1. The lowest BCUT2D eigenvalue weighted by Crippen LogP contribution is -1.91. The van der Waals surface area contributed by atoms with Crippen molar-refractivity contribution in [2.45, 2.75) is 6.92 Å². The summed E-state index contributed by atoms with van der Waals surface area (Å²) in [5, 5.41) is 5.16. The molecule has 0 unspecified atom stereocenters. The molecule has 12 heavy (non-hydrogen) atoms. The van der Waals surface area contributed by atoms with Gasteiger partial charge in [0.2, 0.25) is 0 Å². The maximum Gasteiger partial charge on any atom is 0.0702 e. The number of anilines is 1. The first kappa shape index (κ1) is 7.16. The van der Waals surface area contributed by atoms with Gasteiger partial charge in [0.25, 0.3) is 0 Å². The maximum absolute atomic E-state index is 5.82. The van der Waals surface area contributed by atoms with E-state index in [-0.39, 0.29) is 0 Å². The highest BCUT2D eigenvalue weighted by Gasteiger charge is 2.02. The highest BCUT2D eigenvalue weighted by atomic mass is 15.2. The SMILES string of the molecule is Cc1cc(N)c2cnn(C)c2c1. The van der Waals surface area contributed by atoms with Crippen LogP contribution in [0.2, 0.25) is 0 Å². The lowest BCUT2D eigenvalue weighted by Gasteiger charge is -1.99. The first-order valence-corrected chi connectivity index (χ1v) is 3.86. The molecule has 3 nitrogen and oxygen atoms in total. The predicted molar refractivity (Wildman–Crippen MR) is 49.9 cm³/mol. The van der Waals surface area contributed by atoms with Crippen LogP contribution >= 0.6 is 0 Å². The number of rotatable bonds is 0. The summed E-state index contributed by atoms with van der Waals surface area (Å²) in [6.45, 7) is 2.03. The van der Waals surface area contributed by atoms with E-state index >= 15 is 0 Å². The number of hydrogen-bond donors (Lipinski definition) is 1. The summed E-state index contributed by atoms with van der Waals surface area (Å²) in [6, 6.07) is 4.04. The van der Waals surface area contributed by atoms with E-state index in [1.807, 2.05) is 24.7 Å². The summed E-state index contributed by atoms with van der Waals surface area (Å²) in [5.74, 6) is 0. The Morgan fingerprint density at radius 3 is 2.92 bits per heavy atom. The first-order valence-electron chi connectivity index (χ1n) is 3.86. The van der Waals surface area contributed by atoms with Gasteiger partial charge in [-0.15, -0.1) is 0 Å². The lowest BCUT2D eigenvalue weighted by atomic mass is 10.1. The number of aryl methyl sites for hydroxylation is 2. The second-order valence-electron chi connectivity index (χ2n) is 3.06. The molecule has 0 saturated carbocycles. The van der Waals surface area contributed by atoms with Crippen molar-refractivity contribution < 1.29 is 0 Å². The molecule has 2 aromatic rings. The fourth-order valence-electron chi connectivity index (χ4n) is 1.42. The van der Waals surface area contributed by atoms with Crippen molar-refractivity contribution in [3.05, 3.63) is 23.9 Å². The first-order chi connectivity index (χ1) is 5.68. The van der Waals surface area contributed by atoms with Crippen LogP contribution < -0.4 is 5.73 Å². The Kier molecular flexibility index (Phi) is 1.33. The molecule has 2 N–H and O–H groups in total. The molecule has 1 heterocycles.